The molecule has 1 saturated carbocycles. The Bertz CT molecular complexity index is 218. The highest BCUT2D eigenvalue weighted by atomic mass is 16.5. The van der Waals surface area contributed by atoms with Crippen LogP contribution >= 0.6 is 0 Å². The van der Waals surface area contributed by atoms with Gasteiger partial charge in [0.2, 0.25) is 0 Å². The van der Waals surface area contributed by atoms with Crippen LogP contribution in [0.15, 0.2) is 4.99 Å². The SMILES string of the molecule is COC1CCCC1N=C(N)C(C)(C)C. The fourth-order valence-electron chi connectivity index (χ4n) is 1.70. The van der Waals surface area contributed by atoms with Crippen LogP contribution in [0.2, 0.25) is 0 Å². The second-order valence-corrected chi connectivity index (χ2v) is 5.04. The Kier molecular flexibility index (Phi) is 3.53. The van der Waals surface area contributed by atoms with Crippen molar-refractivity contribution in [2.24, 2.45) is 16.1 Å². The number of nitrogens with zero attached hydrogens (tertiary/aromatic N) is 1. The number of ether oxygens (including phenoxy) is 1. The first-order valence-corrected chi connectivity index (χ1v) is 5.31. The molecule has 0 aromatic rings. The predicted molar refractivity (Wildman–Crippen MR) is 59.5 cm³/mol. The van der Waals surface area contributed by atoms with E-state index < -0.39 is 0 Å². The zero-order valence-corrected chi connectivity index (χ0v) is 9.71. The van der Waals surface area contributed by atoms with Crippen LogP contribution in [0.5, 0.6) is 0 Å². The van der Waals surface area contributed by atoms with E-state index in [4.69, 9.17) is 10.5 Å². The molecule has 1 fully saturated rings. The van der Waals surface area contributed by atoms with E-state index in [0.717, 1.165) is 18.7 Å². The van der Waals surface area contributed by atoms with Gasteiger partial charge in [-0.1, -0.05) is 20.8 Å². The maximum absolute atomic E-state index is 5.94. The van der Waals surface area contributed by atoms with Gasteiger partial charge in [-0.05, 0) is 19.3 Å². The summed E-state index contributed by atoms with van der Waals surface area (Å²) in [6, 6.07) is 0.277. The average Bonchev–Trinajstić information content (AvgIpc) is 2.50. The minimum Gasteiger partial charge on any atom is -0.387 e. The van der Waals surface area contributed by atoms with Gasteiger partial charge >= 0.3 is 0 Å². The topological polar surface area (TPSA) is 47.6 Å². The van der Waals surface area contributed by atoms with E-state index in [1.165, 1.54) is 6.42 Å². The Balaban J connectivity index is 2.66. The molecule has 2 atom stereocenters. The summed E-state index contributed by atoms with van der Waals surface area (Å²) < 4.78 is 5.37. The summed E-state index contributed by atoms with van der Waals surface area (Å²) in [4.78, 5) is 4.57. The molecular formula is C11H22N2O. The van der Waals surface area contributed by atoms with E-state index in [9.17, 15) is 0 Å². The third-order valence-corrected chi connectivity index (χ3v) is 2.79. The first kappa shape index (κ1) is 11.5. The van der Waals surface area contributed by atoms with Crippen molar-refractivity contribution in [3.05, 3.63) is 0 Å². The van der Waals surface area contributed by atoms with Gasteiger partial charge in [-0.2, -0.15) is 0 Å². The van der Waals surface area contributed by atoms with Gasteiger partial charge in [0.05, 0.1) is 18.0 Å². The summed E-state index contributed by atoms with van der Waals surface area (Å²) in [5.41, 5.74) is 5.92. The Morgan fingerprint density at radius 3 is 2.50 bits per heavy atom. The fraction of sp³-hybridized carbons (Fsp3) is 0.909. The molecule has 3 heteroatoms. The zero-order chi connectivity index (χ0) is 10.8. The molecule has 1 rings (SSSR count). The molecule has 0 aromatic carbocycles. The maximum atomic E-state index is 5.94. The van der Waals surface area contributed by atoms with Crippen LogP contribution in [0, 0.1) is 5.41 Å². The summed E-state index contributed by atoms with van der Waals surface area (Å²) in [6.45, 7) is 6.26. The molecule has 0 bridgehead atoms. The van der Waals surface area contributed by atoms with Crippen molar-refractivity contribution in [3.63, 3.8) is 0 Å². The highest BCUT2D eigenvalue weighted by Crippen LogP contribution is 2.25. The van der Waals surface area contributed by atoms with Gasteiger partial charge in [0.1, 0.15) is 0 Å². The van der Waals surface area contributed by atoms with Crippen LogP contribution < -0.4 is 5.73 Å². The smallest absolute Gasteiger partial charge is 0.0995 e. The molecule has 0 saturated heterocycles. The summed E-state index contributed by atoms with van der Waals surface area (Å²) in [5, 5.41) is 0. The van der Waals surface area contributed by atoms with Gasteiger partial charge < -0.3 is 10.5 Å². The van der Waals surface area contributed by atoms with Crippen molar-refractivity contribution in [2.45, 2.75) is 52.2 Å². The Morgan fingerprint density at radius 2 is 2.00 bits per heavy atom. The molecule has 0 spiro atoms. The molecule has 1 aliphatic carbocycles. The van der Waals surface area contributed by atoms with Crippen LogP contribution in [0.3, 0.4) is 0 Å². The molecule has 3 nitrogen and oxygen atoms in total. The van der Waals surface area contributed by atoms with Crippen LogP contribution in [0.25, 0.3) is 0 Å². The average molecular weight is 198 g/mol. The number of methoxy groups -OCH3 is 1. The largest absolute Gasteiger partial charge is 0.387 e. The third-order valence-electron chi connectivity index (χ3n) is 2.79. The van der Waals surface area contributed by atoms with Gasteiger partial charge in [0, 0.05) is 12.5 Å². The van der Waals surface area contributed by atoms with E-state index in [-0.39, 0.29) is 17.6 Å². The molecule has 1 aliphatic rings. The van der Waals surface area contributed by atoms with Crippen LogP contribution in [0.4, 0.5) is 0 Å². The molecule has 0 aromatic heterocycles. The zero-order valence-electron chi connectivity index (χ0n) is 9.71. The highest BCUT2D eigenvalue weighted by molar-refractivity contribution is 5.85. The van der Waals surface area contributed by atoms with E-state index in [0.29, 0.717) is 0 Å². The van der Waals surface area contributed by atoms with Gasteiger partial charge in [-0.15, -0.1) is 0 Å². The normalized spacial score (nSPS) is 29.6. The number of amidine groups is 1. The lowest BCUT2D eigenvalue weighted by atomic mass is 9.95. The molecule has 2 N–H and O–H groups in total. The summed E-state index contributed by atoms with van der Waals surface area (Å²) >= 11 is 0. The number of aliphatic imine (C=N–C) groups is 1. The van der Waals surface area contributed by atoms with E-state index >= 15 is 0 Å². The van der Waals surface area contributed by atoms with Gasteiger partial charge in [0.25, 0.3) is 0 Å². The van der Waals surface area contributed by atoms with Gasteiger partial charge in [0.15, 0.2) is 0 Å². The number of nitrogens with two attached hydrogens (primary N) is 1. The van der Waals surface area contributed by atoms with Gasteiger partial charge in [-0.25, -0.2) is 0 Å². The van der Waals surface area contributed by atoms with Crippen molar-refractivity contribution in [2.75, 3.05) is 7.11 Å². The van der Waals surface area contributed by atoms with Crippen molar-refractivity contribution < 1.29 is 4.74 Å². The Hall–Kier alpha value is -0.570. The predicted octanol–water partition coefficient (Wildman–Crippen LogP) is 1.96. The minimum absolute atomic E-state index is 0.0269. The fourth-order valence-corrected chi connectivity index (χ4v) is 1.70. The third kappa shape index (κ3) is 2.71. The highest BCUT2D eigenvalue weighted by Gasteiger charge is 2.28. The summed E-state index contributed by atoms with van der Waals surface area (Å²) in [6.07, 6.45) is 3.69. The molecule has 82 valence electrons. The molecule has 0 radical (unpaired) electrons. The Morgan fingerprint density at radius 1 is 1.36 bits per heavy atom. The lowest BCUT2D eigenvalue weighted by Gasteiger charge is -2.21. The minimum atomic E-state index is -0.0269. The number of hydrogen-bond acceptors (Lipinski definition) is 2. The van der Waals surface area contributed by atoms with Crippen molar-refractivity contribution in [1.82, 2.24) is 0 Å². The first-order chi connectivity index (χ1) is 6.45. The van der Waals surface area contributed by atoms with E-state index in [1.807, 2.05) is 0 Å². The number of rotatable bonds is 2. The second-order valence-electron chi connectivity index (χ2n) is 5.04. The maximum Gasteiger partial charge on any atom is 0.0995 e. The van der Waals surface area contributed by atoms with E-state index in [2.05, 4.69) is 25.8 Å². The molecule has 2 unspecified atom stereocenters. The van der Waals surface area contributed by atoms with Crippen LogP contribution in [-0.2, 0) is 4.74 Å². The van der Waals surface area contributed by atoms with Crippen LogP contribution in [-0.4, -0.2) is 25.1 Å². The number of hydrogen-bond donors (Lipinski definition) is 1. The molecule has 0 amide bonds. The molecule has 0 heterocycles. The van der Waals surface area contributed by atoms with Gasteiger partial charge in [-0.3, -0.25) is 4.99 Å². The Labute approximate surface area is 86.7 Å². The van der Waals surface area contributed by atoms with Crippen molar-refractivity contribution in [3.8, 4) is 0 Å². The molecule has 0 aliphatic heterocycles. The first-order valence-electron chi connectivity index (χ1n) is 5.31. The van der Waals surface area contributed by atoms with Crippen LogP contribution in [0.1, 0.15) is 40.0 Å². The van der Waals surface area contributed by atoms with Crippen molar-refractivity contribution in [1.29, 1.82) is 0 Å². The summed E-state index contributed by atoms with van der Waals surface area (Å²) in [5.74, 6) is 0.742. The quantitative estimate of drug-likeness (QED) is 0.544. The molecule has 14 heavy (non-hydrogen) atoms. The molecular weight excluding hydrogens is 176 g/mol. The lowest BCUT2D eigenvalue weighted by molar-refractivity contribution is 0.0963. The monoisotopic (exact) mass is 198 g/mol. The second kappa shape index (κ2) is 4.30. The van der Waals surface area contributed by atoms with Crippen molar-refractivity contribution >= 4 is 5.84 Å². The lowest BCUT2D eigenvalue weighted by Crippen LogP contribution is -2.32. The van der Waals surface area contributed by atoms with E-state index in [1.54, 1.807) is 7.11 Å². The standard InChI is InChI=1S/C11H22N2O/c1-11(2,3)10(12)13-8-6-5-7-9(8)14-4/h8-9H,5-7H2,1-4H3,(H2,12,13). The summed E-state index contributed by atoms with van der Waals surface area (Å²) in [7, 11) is 1.76.